The van der Waals surface area contributed by atoms with Crippen molar-refractivity contribution in [3.05, 3.63) is 53.5 Å². The van der Waals surface area contributed by atoms with Crippen LogP contribution in [-0.4, -0.2) is 50.6 Å². The lowest BCUT2D eigenvalue weighted by Gasteiger charge is -2.17. The van der Waals surface area contributed by atoms with E-state index in [1.54, 1.807) is 18.3 Å². The minimum absolute atomic E-state index is 0.0772. The van der Waals surface area contributed by atoms with Crippen molar-refractivity contribution < 1.29 is 23.9 Å². The number of nitrogens with one attached hydrogen (secondary N) is 1. The van der Waals surface area contributed by atoms with E-state index in [2.05, 4.69) is 33.9 Å². The van der Waals surface area contributed by atoms with Crippen LogP contribution in [-0.2, 0) is 29.3 Å². The summed E-state index contributed by atoms with van der Waals surface area (Å²) in [6, 6.07) is 9.05. The van der Waals surface area contributed by atoms with Gasteiger partial charge in [-0.25, -0.2) is 19.2 Å². The van der Waals surface area contributed by atoms with Crippen LogP contribution in [0.1, 0.15) is 37.2 Å². The van der Waals surface area contributed by atoms with E-state index in [0.29, 0.717) is 35.2 Å². The molecule has 3 heterocycles. The summed E-state index contributed by atoms with van der Waals surface area (Å²) in [5, 5.41) is 15.1. The first-order valence-electron chi connectivity index (χ1n) is 11.4. The fourth-order valence-electron chi connectivity index (χ4n) is 3.93. The Labute approximate surface area is 201 Å². The van der Waals surface area contributed by atoms with E-state index >= 15 is 0 Å². The fourth-order valence-corrected chi connectivity index (χ4v) is 3.93. The van der Waals surface area contributed by atoms with Gasteiger partial charge in [-0.2, -0.15) is 0 Å². The third kappa shape index (κ3) is 5.23. The second kappa shape index (κ2) is 10.5. The van der Waals surface area contributed by atoms with Crippen LogP contribution in [0.3, 0.4) is 0 Å². The second-order valence-corrected chi connectivity index (χ2v) is 8.57. The molecule has 1 aliphatic rings. The van der Waals surface area contributed by atoms with Gasteiger partial charge in [-0.1, -0.05) is 25.1 Å². The average Bonchev–Trinajstić information content (AvgIpc) is 3.31. The number of carboxylic acid groups (broad SMARTS) is 1. The summed E-state index contributed by atoms with van der Waals surface area (Å²) < 4.78 is 14.5. The van der Waals surface area contributed by atoms with Crippen LogP contribution in [0.25, 0.3) is 11.0 Å². The Morgan fingerprint density at radius 3 is 2.89 bits per heavy atom. The summed E-state index contributed by atoms with van der Waals surface area (Å²) in [5.41, 5.74) is 2.98. The van der Waals surface area contributed by atoms with Gasteiger partial charge in [0.1, 0.15) is 24.9 Å². The molecular formula is C24H27FN6O4. The van der Waals surface area contributed by atoms with Gasteiger partial charge in [0.15, 0.2) is 5.71 Å². The van der Waals surface area contributed by atoms with E-state index < -0.39 is 18.7 Å². The highest BCUT2D eigenvalue weighted by Crippen LogP contribution is 2.29. The first-order valence-corrected chi connectivity index (χ1v) is 11.4. The lowest BCUT2D eigenvalue weighted by Crippen LogP contribution is -2.31. The fraction of sp³-hybridized carbons (Fsp3) is 0.375. The normalized spacial score (nSPS) is 14.2. The largest absolute Gasteiger partial charge is 0.465 e. The molecule has 0 unspecified atom stereocenters. The van der Waals surface area contributed by atoms with Crippen molar-refractivity contribution in [1.29, 1.82) is 0 Å². The van der Waals surface area contributed by atoms with Gasteiger partial charge >= 0.3 is 6.09 Å². The molecule has 0 spiro atoms. The number of oxime groups is 1. The molecule has 2 N–H and O–H groups in total. The lowest BCUT2D eigenvalue weighted by atomic mass is 10.1. The predicted molar refractivity (Wildman–Crippen MR) is 128 cm³/mol. The van der Waals surface area contributed by atoms with Crippen LogP contribution in [0, 0.1) is 5.92 Å². The van der Waals surface area contributed by atoms with Crippen molar-refractivity contribution in [2.45, 2.75) is 39.9 Å². The van der Waals surface area contributed by atoms with Crippen LogP contribution < -0.4 is 10.2 Å². The quantitative estimate of drug-likeness (QED) is 0.337. The number of benzene rings is 1. The van der Waals surface area contributed by atoms with E-state index in [9.17, 15) is 14.0 Å². The number of rotatable bonds is 10. The zero-order valence-corrected chi connectivity index (χ0v) is 19.6. The number of hydrogen-bond donors (Lipinski definition) is 2. The summed E-state index contributed by atoms with van der Waals surface area (Å²) in [5.74, 6) is 1.17. The number of imidazole rings is 1. The Kier molecular flexibility index (Phi) is 7.23. The van der Waals surface area contributed by atoms with Gasteiger partial charge in [0.05, 0.1) is 23.1 Å². The first kappa shape index (κ1) is 24.1. The van der Waals surface area contributed by atoms with Gasteiger partial charge < -0.3 is 19.8 Å². The Morgan fingerprint density at radius 2 is 2.14 bits per heavy atom. The summed E-state index contributed by atoms with van der Waals surface area (Å²) >= 11 is 0. The van der Waals surface area contributed by atoms with Gasteiger partial charge in [0.25, 0.3) is 5.91 Å². The highest BCUT2D eigenvalue weighted by molar-refractivity contribution is 6.53. The standard InChI is InChI=1S/C24H27FN6O4/c1-15(2)7-10-30-19-6-5-16(13-27-24(33)34)12-18(19)28-20(30)14-31-22-17(4-3-9-26-22)21(23(31)32)29-35-11-8-25/h3-6,9,12,15,27H,7-8,10-11,13-14H2,1-2H3,(H,33,34)/b29-21+. The van der Waals surface area contributed by atoms with Gasteiger partial charge in [-0.15, -0.1) is 0 Å². The highest BCUT2D eigenvalue weighted by Gasteiger charge is 2.36. The molecule has 10 nitrogen and oxygen atoms in total. The van der Waals surface area contributed by atoms with Crippen molar-refractivity contribution in [2.75, 3.05) is 18.2 Å². The van der Waals surface area contributed by atoms with Crippen molar-refractivity contribution in [1.82, 2.24) is 19.9 Å². The molecule has 184 valence electrons. The maximum atomic E-state index is 13.2. The SMILES string of the molecule is CC(C)CCn1c(CN2C(=O)/C(=N/OCCF)c3cccnc32)nc2cc(CNC(=O)O)ccc21. The number of fused-ring (bicyclic) bond motifs is 2. The Hall–Kier alpha value is -4.02. The molecule has 0 atom stereocenters. The minimum Gasteiger partial charge on any atom is -0.465 e. The number of nitrogens with zero attached hydrogens (tertiary/aromatic N) is 5. The number of anilines is 1. The molecule has 11 heteroatoms. The number of carbonyl (C=O) groups is 2. The number of amides is 2. The molecule has 2 amide bonds. The van der Waals surface area contributed by atoms with E-state index in [0.717, 1.165) is 17.5 Å². The number of halogens is 1. The van der Waals surface area contributed by atoms with Gasteiger partial charge in [-0.3, -0.25) is 9.69 Å². The maximum absolute atomic E-state index is 13.2. The molecule has 35 heavy (non-hydrogen) atoms. The van der Waals surface area contributed by atoms with E-state index in [-0.39, 0.29) is 25.4 Å². The topological polar surface area (TPSA) is 122 Å². The Morgan fingerprint density at radius 1 is 1.31 bits per heavy atom. The van der Waals surface area contributed by atoms with Gasteiger partial charge in [0, 0.05) is 19.3 Å². The van der Waals surface area contributed by atoms with Gasteiger partial charge in [0.2, 0.25) is 0 Å². The number of carbonyl (C=O) groups excluding carboxylic acids is 1. The summed E-state index contributed by atoms with van der Waals surface area (Å²) in [7, 11) is 0. The molecule has 1 aliphatic heterocycles. The molecule has 0 saturated carbocycles. The van der Waals surface area contributed by atoms with E-state index in [1.165, 1.54) is 4.90 Å². The van der Waals surface area contributed by atoms with Crippen LogP contribution in [0.4, 0.5) is 15.0 Å². The van der Waals surface area contributed by atoms with Crippen LogP contribution in [0.5, 0.6) is 0 Å². The van der Waals surface area contributed by atoms with Crippen molar-refractivity contribution in [2.24, 2.45) is 11.1 Å². The van der Waals surface area contributed by atoms with E-state index in [4.69, 9.17) is 14.9 Å². The van der Waals surface area contributed by atoms with E-state index in [1.807, 2.05) is 18.2 Å². The van der Waals surface area contributed by atoms with Crippen molar-refractivity contribution in [3.8, 4) is 0 Å². The number of alkyl halides is 1. The minimum atomic E-state index is -1.10. The zero-order valence-electron chi connectivity index (χ0n) is 19.6. The molecular weight excluding hydrogens is 455 g/mol. The Bertz CT molecular complexity index is 1270. The van der Waals surface area contributed by atoms with Crippen molar-refractivity contribution >= 4 is 34.6 Å². The monoisotopic (exact) mass is 482 g/mol. The molecule has 0 aliphatic carbocycles. The van der Waals surface area contributed by atoms with Crippen LogP contribution in [0.15, 0.2) is 41.7 Å². The van der Waals surface area contributed by atoms with Crippen LogP contribution in [0.2, 0.25) is 0 Å². The summed E-state index contributed by atoms with van der Waals surface area (Å²) in [6.45, 7) is 4.35. The molecule has 2 aromatic heterocycles. The molecule has 3 aromatic rings. The Balaban J connectivity index is 1.70. The average molecular weight is 483 g/mol. The van der Waals surface area contributed by atoms with Crippen molar-refractivity contribution in [3.63, 3.8) is 0 Å². The summed E-state index contributed by atoms with van der Waals surface area (Å²) in [4.78, 5) is 39.7. The molecule has 1 aromatic carbocycles. The molecule has 0 saturated heterocycles. The number of aryl methyl sites for hydroxylation is 1. The molecule has 0 fully saturated rings. The third-order valence-electron chi connectivity index (χ3n) is 5.63. The molecule has 0 radical (unpaired) electrons. The summed E-state index contributed by atoms with van der Waals surface area (Å²) in [6.07, 6.45) is 1.40. The zero-order chi connectivity index (χ0) is 24.9. The molecule has 0 bridgehead atoms. The number of aromatic nitrogens is 3. The highest BCUT2D eigenvalue weighted by atomic mass is 19.1. The third-order valence-corrected chi connectivity index (χ3v) is 5.63. The predicted octanol–water partition coefficient (Wildman–Crippen LogP) is 3.48. The lowest BCUT2D eigenvalue weighted by molar-refractivity contribution is -0.112. The molecule has 4 rings (SSSR count). The second-order valence-electron chi connectivity index (χ2n) is 8.57. The first-order chi connectivity index (χ1) is 16.9. The van der Waals surface area contributed by atoms with Crippen LogP contribution >= 0.6 is 0 Å². The number of pyridine rings is 1. The number of hydrogen-bond acceptors (Lipinski definition) is 6. The smallest absolute Gasteiger partial charge is 0.404 e. The van der Waals surface area contributed by atoms with Gasteiger partial charge in [-0.05, 0) is 42.2 Å². The maximum Gasteiger partial charge on any atom is 0.404 e.